The van der Waals surface area contributed by atoms with Crippen LogP contribution < -0.4 is 10.1 Å². The Morgan fingerprint density at radius 1 is 1.03 bits per heavy atom. The van der Waals surface area contributed by atoms with Crippen molar-refractivity contribution in [2.45, 2.75) is 30.8 Å². The van der Waals surface area contributed by atoms with Crippen molar-refractivity contribution in [2.24, 2.45) is 0 Å². The summed E-state index contributed by atoms with van der Waals surface area (Å²) < 4.78 is 56.0. The summed E-state index contributed by atoms with van der Waals surface area (Å²) >= 11 is 12.0. The van der Waals surface area contributed by atoms with Crippen LogP contribution in [0.1, 0.15) is 29.6 Å². The Bertz CT molecular complexity index is 1040. The van der Waals surface area contributed by atoms with Crippen LogP contribution in [-0.4, -0.2) is 38.3 Å². The lowest BCUT2D eigenvalue weighted by Gasteiger charge is -2.26. The van der Waals surface area contributed by atoms with Crippen molar-refractivity contribution in [3.8, 4) is 5.75 Å². The number of nitrogens with one attached hydrogen (secondary N) is 1. The quantitative estimate of drug-likeness (QED) is 0.632. The minimum absolute atomic E-state index is 0.0299. The van der Waals surface area contributed by atoms with Gasteiger partial charge in [-0.25, -0.2) is 8.42 Å². The summed E-state index contributed by atoms with van der Waals surface area (Å²) in [4.78, 5) is 12.6. The topological polar surface area (TPSA) is 75.7 Å². The first-order valence-corrected chi connectivity index (χ1v) is 11.2. The van der Waals surface area contributed by atoms with E-state index in [-0.39, 0.29) is 31.9 Å². The van der Waals surface area contributed by atoms with E-state index in [2.05, 4.69) is 10.1 Å². The van der Waals surface area contributed by atoms with Crippen LogP contribution in [0.25, 0.3) is 0 Å². The number of carbonyl (C=O) groups excluding carboxylic acids is 1. The second-order valence-corrected chi connectivity index (χ2v) is 9.34. The number of halogens is 4. The van der Waals surface area contributed by atoms with Gasteiger partial charge in [0.2, 0.25) is 10.0 Å². The molecule has 1 fully saturated rings. The van der Waals surface area contributed by atoms with Crippen LogP contribution in [0.2, 0.25) is 10.0 Å². The molecule has 6 nitrogen and oxygen atoms in total. The lowest BCUT2D eigenvalue weighted by molar-refractivity contribution is -0.0497. The highest BCUT2D eigenvalue weighted by Crippen LogP contribution is 2.30. The molecule has 3 rings (SSSR count). The number of sulfonamides is 1. The first-order valence-electron chi connectivity index (χ1n) is 9.04. The van der Waals surface area contributed by atoms with Gasteiger partial charge in [-0.15, -0.1) is 0 Å². The molecule has 1 aliphatic rings. The molecule has 1 N–H and O–H groups in total. The van der Waals surface area contributed by atoms with E-state index in [1.807, 2.05) is 0 Å². The molecule has 1 aliphatic heterocycles. The van der Waals surface area contributed by atoms with Gasteiger partial charge in [0.1, 0.15) is 5.75 Å². The summed E-state index contributed by atoms with van der Waals surface area (Å²) in [6.45, 7) is -2.18. The fourth-order valence-electron chi connectivity index (χ4n) is 3.06. The van der Waals surface area contributed by atoms with E-state index in [4.69, 9.17) is 23.2 Å². The summed E-state index contributed by atoms with van der Waals surface area (Å²) in [6.07, 6.45) is 2.54. The van der Waals surface area contributed by atoms with Crippen LogP contribution in [0.15, 0.2) is 41.3 Å². The summed E-state index contributed by atoms with van der Waals surface area (Å²) in [7, 11) is -3.75. The van der Waals surface area contributed by atoms with Gasteiger partial charge in [0.25, 0.3) is 5.91 Å². The highest BCUT2D eigenvalue weighted by molar-refractivity contribution is 7.89. The molecule has 0 aromatic heterocycles. The molecule has 0 bridgehead atoms. The van der Waals surface area contributed by atoms with Gasteiger partial charge < -0.3 is 10.1 Å². The number of benzene rings is 2. The lowest BCUT2D eigenvalue weighted by atomic mass is 10.2. The number of nitrogens with zero attached hydrogens (tertiary/aromatic N) is 1. The maximum absolute atomic E-state index is 12.9. The monoisotopic (exact) mass is 478 g/mol. The zero-order valence-electron chi connectivity index (χ0n) is 15.6. The third kappa shape index (κ3) is 5.21. The highest BCUT2D eigenvalue weighted by Gasteiger charge is 2.27. The first-order chi connectivity index (χ1) is 14.2. The molecule has 0 saturated carbocycles. The normalized spacial score (nSPS) is 15.2. The predicted octanol–water partition coefficient (Wildman–Crippen LogP) is 5.02. The van der Waals surface area contributed by atoms with Crippen LogP contribution in [-0.2, 0) is 10.0 Å². The van der Waals surface area contributed by atoms with Gasteiger partial charge in [0.05, 0.1) is 20.5 Å². The van der Waals surface area contributed by atoms with E-state index in [1.165, 1.54) is 40.7 Å². The predicted molar refractivity (Wildman–Crippen MR) is 110 cm³/mol. The number of anilines is 1. The van der Waals surface area contributed by atoms with Crippen LogP contribution >= 0.6 is 23.2 Å². The van der Waals surface area contributed by atoms with Crippen molar-refractivity contribution >= 4 is 44.8 Å². The maximum Gasteiger partial charge on any atom is 0.387 e. The van der Waals surface area contributed by atoms with E-state index in [1.54, 1.807) is 0 Å². The SMILES string of the molecule is O=C(Nc1ccc(OC(F)F)c(Cl)c1)c1cc(S(=O)(=O)N2CCCCC2)ccc1Cl. The Labute approximate surface area is 182 Å². The van der Waals surface area contributed by atoms with Gasteiger partial charge in [-0.3, -0.25) is 4.79 Å². The molecule has 11 heteroatoms. The van der Waals surface area contributed by atoms with Gasteiger partial charge in [-0.05, 0) is 49.2 Å². The Hall–Kier alpha value is -1.94. The van der Waals surface area contributed by atoms with E-state index < -0.39 is 22.5 Å². The second-order valence-electron chi connectivity index (χ2n) is 6.58. The second kappa shape index (κ2) is 9.47. The number of carbonyl (C=O) groups is 1. The minimum atomic E-state index is -3.75. The smallest absolute Gasteiger partial charge is 0.387 e. The molecule has 1 amide bonds. The van der Waals surface area contributed by atoms with E-state index in [0.29, 0.717) is 13.1 Å². The number of ether oxygens (including phenoxy) is 1. The number of piperidine rings is 1. The number of amides is 1. The number of hydrogen-bond acceptors (Lipinski definition) is 4. The highest BCUT2D eigenvalue weighted by atomic mass is 35.5. The molecule has 0 spiro atoms. The van der Waals surface area contributed by atoms with Gasteiger partial charge in [-0.2, -0.15) is 13.1 Å². The summed E-state index contributed by atoms with van der Waals surface area (Å²) in [5.74, 6) is -0.911. The number of alkyl halides is 2. The Morgan fingerprint density at radius 2 is 1.73 bits per heavy atom. The number of hydrogen-bond donors (Lipinski definition) is 1. The van der Waals surface area contributed by atoms with Gasteiger partial charge in [0, 0.05) is 18.8 Å². The average molecular weight is 479 g/mol. The molecule has 2 aromatic carbocycles. The average Bonchev–Trinajstić information content (AvgIpc) is 2.70. The Balaban J connectivity index is 1.82. The molecule has 30 heavy (non-hydrogen) atoms. The molecule has 0 radical (unpaired) electrons. The van der Waals surface area contributed by atoms with Gasteiger partial charge >= 0.3 is 6.61 Å². The van der Waals surface area contributed by atoms with E-state index in [9.17, 15) is 22.0 Å². The molecular formula is C19H18Cl2F2N2O4S. The molecule has 1 heterocycles. The van der Waals surface area contributed by atoms with Crippen molar-refractivity contribution < 1.29 is 26.7 Å². The molecule has 0 atom stereocenters. The molecule has 2 aromatic rings. The zero-order chi connectivity index (χ0) is 21.9. The minimum Gasteiger partial charge on any atom is -0.433 e. The fourth-order valence-corrected chi connectivity index (χ4v) is 5.03. The van der Waals surface area contributed by atoms with E-state index >= 15 is 0 Å². The van der Waals surface area contributed by atoms with Crippen molar-refractivity contribution in [3.05, 3.63) is 52.0 Å². The maximum atomic E-state index is 12.9. The van der Waals surface area contributed by atoms with Gasteiger partial charge in [0.15, 0.2) is 0 Å². The van der Waals surface area contributed by atoms with Crippen molar-refractivity contribution in [1.82, 2.24) is 4.31 Å². The number of rotatable bonds is 6. The van der Waals surface area contributed by atoms with Crippen LogP contribution in [0.3, 0.4) is 0 Å². The van der Waals surface area contributed by atoms with Crippen LogP contribution in [0.4, 0.5) is 14.5 Å². The summed E-state index contributed by atoms with van der Waals surface area (Å²) in [5, 5.41) is 2.46. The van der Waals surface area contributed by atoms with Crippen LogP contribution in [0.5, 0.6) is 5.75 Å². The van der Waals surface area contributed by atoms with Crippen molar-refractivity contribution in [3.63, 3.8) is 0 Å². The van der Waals surface area contributed by atoms with Gasteiger partial charge in [-0.1, -0.05) is 29.6 Å². The molecule has 0 unspecified atom stereocenters. The molecule has 0 aliphatic carbocycles. The Kier molecular flexibility index (Phi) is 7.18. The zero-order valence-corrected chi connectivity index (χ0v) is 17.9. The first kappa shape index (κ1) is 22.7. The van der Waals surface area contributed by atoms with Crippen LogP contribution in [0, 0.1) is 0 Å². The Morgan fingerprint density at radius 3 is 2.37 bits per heavy atom. The molecular weight excluding hydrogens is 461 g/mol. The van der Waals surface area contributed by atoms with Crippen molar-refractivity contribution in [1.29, 1.82) is 0 Å². The standard InChI is InChI=1S/C19H18Cl2F2N2O4S/c20-15-6-5-13(30(27,28)25-8-2-1-3-9-25)11-14(15)18(26)24-12-4-7-17(16(21)10-12)29-19(22)23/h4-7,10-11,19H,1-3,8-9H2,(H,24,26). The molecule has 162 valence electrons. The largest absolute Gasteiger partial charge is 0.433 e. The third-order valence-corrected chi connectivity index (χ3v) is 7.06. The third-order valence-electron chi connectivity index (χ3n) is 4.54. The van der Waals surface area contributed by atoms with Crippen molar-refractivity contribution in [2.75, 3.05) is 18.4 Å². The molecule has 1 saturated heterocycles. The summed E-state index contributed by atoms with van der Waals surface area (Å²) in [6, 6.07) is 7.67. The summed E-state index contributed by atoms with van der Waals surface area (Å²) in [5.41, 5.74) is 0.158. The lowest BCUT2D eigenvalue weighted by Crippen LogP contribution is -2.35. The van der Waals surface area contributed by atoms with E-state index in [0.717, 1.165) is 19.3 Å². The fraction of sp³-hybridized carbons (Fsp3) is 0.316.